The normalized spacial score (nSPS) is 14.1. The Bertz CT molecular complexity index is 1290. The second-order valence-corrected chi connectivity index (χ2v) is 15.8. The Labute approximate surface area is 200 Å². The van der Waals surface area contributed by atoms with E-state index in [9.17, 15) is 5.11 Å². The number of aromatic nitrogens is 4. The van der Waals surface area contributed by atoms with Crippen molar-refractivity contribution >= 4 is 19.0 Å². The van der Waals surface area contributed by atoms with Gasteiger partial charge < -0.3 is 14.6 Å². The van der Waals surface area contributed by atoms with E-state index < -0.39 is 8.07 Å². The highest BCUT2D eigenvalue weighted by Crippen LogP contribution is 2.32. The van der Waals surface area contributed by atoms with Crippen LogP contribution in [0.5, 0.6) is 5.75 Å². The van der Waals surface area contributed by atoms with Gasteiger partial charge in [-0.25, -0.2) is 9.36 Å². The lowest BCUT2D eigenvalue weighted by Crippen LogP contribution is -2.22. The number of ether oxygens (including phenoxy) is 2. The first-order chi connectivity index (χ1) is 16.4. The maximum absolute atomic E-state index is 9.82. The lowest BCUT2D eigenvalue weighted by atomic mass is 10.1. The van der Waals surface area contributed by atoms with Crippen LogP contribution in [0.2, 0.25) is 25.7 Å². The predicted octanol–water partition coefficient (Wildman–Crippen LogP) is 5.23. The van der Waals surface area contributed by atoms with E-state index in [1.54, 1.807) is 0 Å². The van der Waals surface area contributed by atoms with E-state index in [1.165, 1.54) is 0 Å². The van der Waals surface area contributed by atoms with Gasteiger partial charge in [0.05, 0.1) is 41.5 Å². The van der Waals surface area contributed by atoms with Crippen molar-refractivity contribution in [3.05, 3.63) is 60.4 Å². The highest BCUT2D eigenvalue weighted by atomic mass is 28.3. The van der Waals surface area contributed by atoms with Crippen molar-refractivity contribution in [3.63, 3.8) is 0 Å². The third kappa shape index (κ3) is 5.09. The predicted molar refractivity (Wildman–Crippen MR) is 136 cm³/mol. The summed E-state index contributed by atoms with van der Waals surface area (Å²) in [6, 6.07) is 17.2. The molecular weight excluding hydrogens is 444 g/mol. The molecule has 0 bridgehead atoms. The van der Waals surface area contributed by atoms with Gasteiger partial charge in [0, 0.05) is 25.6 Å². The first-order valence-corrected chi connectivity index (χ1v) is 15.6. The highest BCUT2D eigenvalue weighted by molar-refractivity contribution is 6.76. The summed E-state index contributed by atoms with van der Waals surface area (Å²) in [5.74, 6) is 0.861. The van der Waals surface area contributed by atoms with Crippen LogP contribution in [0.15, 0.2) is 54.7 Å². The molecule has 1 aliphatic rings. The maximum atomic E-state index is 9.82. The average molecular weight is 477 g/mol. The largest absolute Gasteiger partial charge is 0.490 e. The van der Waals surface area contributed by atoms with Crippen molar-refractivity contribution < 1.29 is 14.6 Å². The van der Waals surface area contributed by atoms with Crippen molar-refractivity contribution in [1.82, 2.24) is 19.6 Å². The molecule has 34 heavy (non-hydrogen) atoms. The van der Waals surface area contributed by atoms with Crippen LogP contribution in [0, 0.1) is 0 Å². The maximum Gasteiger partial charge on any atom is 0.139 e. The van der Waals surface area contributed by atoms with Gasteiger partial charge in [0.2, 0.25) is 0 Å². The molecule has 2 aromatic carbocycles. The van der Waals surface area contributed by atoms with Gasteiger partial charge in [-0.3, -0.25) is 0 Å². The van der Waals surface area contributed by atoms with Gasteiger partial charge in [-0.15, -0.1) is 0 Å². The monoisotopic (exact) mass is 476 g/mol. The Morgan fingerprint density at radius 3 is 2.68 bits per heavy atom. The SMILES string of the molecule is C[Si](C)(C)CCOCn1ncc2c(-n3nc(CO)cc3-c3cccc(OC4CC4)c3)cccc21. The van der Waals surface area contributed by atoms with E-state index in [-0.39, 0.29) is 6.61 Å². The van der Waals surface area contributed by atoms with Crippen molar-refractivity contribution in [2.24, 2.45) is 0 Å². The molecule has 0 aliphatic heterocycles. The lowest BCUT2D eigenvalue weighted by molar-refractivity contribution is 0.0817. The number of hydrogen-bond acceptors (Lipinski definition) is 5. The minimum Gasteiger partial charge on any atom is -0.490 e. The molecule has 8 heteroatoms. The second kappa shape index (κ2) is 9.36. The Hall–Kier alpha value is -2.94. The molecule has 1 aliphatic carbocycles. The number of hydrogen-bond donors (Lipinski definition) is 1. The molecule has 1 N–H and O–H groups in total. The zero-order chi connectivity index (χ0) is 23.7. The molecule has 0 radical (unpaired) electrons. The molecule has 0 amide bonds. The number of benzene rings is 2. The Kier molecular flexibility index (Phi) is 6.29. The van der Waals surface area contributed by atoms with Crippen LogP contribution < -0.4 is 4.74 Å². The minimum atomic E-state index is -1.13. The molecule has 178 valence electrons. The van der Waals surface area contributed by atoms with Crippen LogP contribution >= 0.6 is 0 Å². The van der Waals surface area contributed by atoms with E-state index in [4.69, 9.17) is 14.6 Å². The van der Waals surface area contributed by atoms with Gasteiger partial charge in [-0.05, 0) is 49.2 Å². The van der Waals surface area contributed by atoms with Crippen LogP contribution in [0.3, 0.4) is 0 Å². The third-order valence-electron chi connectivity index (χ3n) is 5.98. The van der Waals surface area contributed by atoms with Crippen LogP contribution in [0.1, 0.15) is 18.5 Å². The van der Waals surface area contributed by atoms with Crippen LogP contribution in [-0.2, 0) is 18.1 Å². The Morgan fingerprint density at radius 2 is 1.91 bits per heavy atom. The molecule has 4 aromatic rings. The van der Waals surface area contributed by atoms with E-state index in [0.29, 0.717) is 18.5 Å². The van der Waals surface area contributed by atoms with Crippen LogP contribution in [-0.4, -0.2) is 45.5 Å². The molecule has 7 nitrogen and oxygen atoms in total. The lowest BCUT2D eigenvalue weighted by Gasteiger charge is -2.15. The molecular formula is C26H32N4O3Si. The van der Waals surface area contributed by atoms with Crippen molar-refractivity contribution in [1.29, 1.82) is 0 Å². The van der Waals surface area contributed by atoms with Crippen molar-refractivity contribution in [2.75, 3.05) is 6.61 Å². The summed E-state index contributed by atoms with van der Waals surface area (Å²) in [7, 11) is -1.13. The molecule has 1 fully saturated rings. The minimum absolute atomic E-state index is 0.127. The number of rotatable bonds is 10. The fraction of sp³-hybridized carbons (Fsp3) is 0.385. The molecule has 0 saturated heterocycles. The standard InChI is InChI=1S/C26H32N4O3Si/c1-34(2,3)13-12-32-18-29-24-8-5-9-25(23(24)16-27-29)30-26(15-20(17-31)28-30)19-6-4-7-22(14-19)33-21-10-11-21/h4-9,14-16,21,31H,10-13,17-18H2,1-3H3. The zero-order valence-corrected chi connectivity index (χ0v) is 21.1. The van der Waals surface area contributed by atoms with E-state index >= 15 is 0 Å². The number of nitrogens with zero attached hydrogens (tertiary/aromatic N) is 4. The number of fused-ring (bicyclic) bond motifs is 1. The smallest absolute Gasteiger partial charge is 0.139 e. The van der Waals surface area contributed by atoms with E-state index in [2.05, 4.69) is 24.7 Å². The topological polar surface area (TPSA) is 74.3 Å². The summed E-state index contributed by atoms with van der Waals surface area (Å²) in [6.07, 6.45) is 4.43. The Balaban J connectivity index is 1.47. The summed E-state index contributed by atoms with van der Waals surface area (Å²) in [5, 5.41) is 20.1. The number of aliphatic hydroxyl groups is 1. The molecule has 2 heterocycles. The molecule has 2 aromatic heterocycles. The Morgan fingerprint density at radius 1 is 1.09 bits per heavy atom. The van der Waals surface area contributed by atoms with Crippen molar-refractivity contribution in [2.45, 2.75) is 58.0 Å². The van der Waals surface area contributed by atoms with Gasteiger partial charge in [-0.1, -0.05) is 37.8 Å². The molecule has 0 atom stereocenters. The van der Waals surface area contributed by atoms with Gasteiger partial charge in [-0.2, -0.15) is 10.2 Å². The molecule has 0 unspecified atom stereocenters. The summed E-state index contributed by atoms with van der Waals surface area (Å²) in [5.41, 5.74) is 4.40. The first-order valence-electron chi connectivity index (χ1n) is 11.9. The molecule has 0 spiro atoms. The number of aliphatic hydroxyl groups excluding tert-OH is 1. The summed E-state index contributed by atoms with van der Waals surface area (Å²) >= 11 is 0. The summed E-state index contributed by atoms with van der Waals surface area (Å²) < 4.78 is 15.7. The summed E-state index contributed by atoms with van der Waals surface area (Å²) in [4.78, 5) is 0. The zero-order valence-electron chi connectivity index (χ0n) is 20.1. The first kappa shape index (κ1) is 22.8. The highest BCUT2D eigenvalue weighted by Gasteiger charge is 2.24. The van der Waals surface area contributed by atoms with E-state index in [1.807, 2.05) is 64.1 Å². The fourth-order valence-corrected chi connectivity index (χ4v) is 4.67. The van der Waals surface area contributed by atoms with Gasteiger partial charge in [0.25, 0.3) is 0 Å². The van der Waals surface area contributed by atoms with Crippen LogP contribution in [0.4, 0.5) is 0 Å². The van der Waals surface area contributed by atoms with Gasteiger partial charge in [0.1, 0.15) is 12.5 Å². The van der Waals surface area contributed by atoms with Gasteiger partial charge in [0.15, 0.2) is 0 Å². The van der Waals surface area contributed by atoms with E-state index in [0.717, 1.165) is 59.1 Å². The fourth-order valence-electron chi connectivity index (χ4n) is 3.91. The molecule has 1 saturated carbocycles. The van der Waals surface area contributed by atoms with Crippen LogP contribution in [0.25, 0.3) is 27.8 Å². The van der Waals surface area contributed by atoms with Crippen molar-refractivity contribution in [3.8, 4) is 22.7 Å². The third-order valence-corrected chi connectivity index (χ3v) is 7.69. The average Bonchev–Trinajstić information content (AvgIpc) is 3.37. The summed E-state index contributed by atoms with van der Waals surface area (Å²) in [6.45, 7) is 8.09. The second-order valence-electron chi connectivity index (χ2n) is 10.1. The quantitative estimate of drug-likeness (QED) is 0.250. The molecule has 5 rings (SSSR count). The van der Waals surface area contributed by atoms with Gasteiger partial charge >= 0.3 is 0 Å².